The van der Waals surface area contributed by atoms with Gasteiger partial charge in [-0.2, -0.15) is 11.3 Å². The highest BCUT2D eigenvalue weighted by molar-refractivity contribution is 7.08. The number of aliphatic hydroxyl groups is 1. The van der Waals surface area contributed by atoms with E-state index in [9.17, 15) is 9.90 Å². The molecular weight excluding hydrogens is 304 g/mol. The number of methoxy groups -OCH3 is 1. The van der Waals surface area contributed by atoms with Crippen molar-refractivity contribution in [2.24, 2.45) is 0 Å². The zero-order valence-electron chi connectivity index (χ0n) is 12.5. The second-order valence-corrected chi connectivity index (χ2v) is 6.17. The molecule has 1 fully saturated rings. The lowest BCUT2D eigenvalue weighted by Gasteiger charge is -2.20. The van der Waals surface area contributed by atoms with Crippen LogP contribution < -0.4 is 0 Å². The van der Waals surface area contributed by atoms with Gasteiger partial charge in [0, 0.05) is 30.5 Å². The molecule has 7 heteroatoms. The summed E-state index contributed by atoms with van der Waals surface area (Å²) >= 11 is 1.59. The van der Waals surface area contributed by atoms with Crippen LogP contribution >= 0.6 is 11.3 Å². The average molecular weight is 322 g/mol. The maximum absolute atomic E-state index is 11.8. The number of carbonyl (C=O) groups excluding carboxylic acids is 1. The van der Waals surface area contributed by atoms with Crippen molar-refractivity contribution in [3.63, 3.8) is 0 Å². The van der Waals surface area contributed by atoms with Crippen LogP contribution in [0.25, 0.3) is 11.5 Å². The number of hydrogen-bond acceptors (Lipinski definition) is 7. The third kappa shape index (κ3) is 2.92. The molecule has 2 aromatic rings. The van der Waals surface area contributed by atoms with Crippen LogP contribution in [0.1, 0.15) is 17.9 Å². The van der Waals surface area contributed by atoms with E-state index in [1.165, 1.54) is 7.11 Å². The van der Waals surface area contributed by atoms with Crippen molar-refractivity contribution in [3.05, 3.63) is 28.3 Å². The van der Waals surface area contributed by atoms with E-state index in [-0.39, 0.29) is 5.97 Å². The lowest BCUT2D eigenvalue weighted by atomic mass is 10.2. The molecule has 0 spiro atoms. The minimum absolute atomic E-state index is 0.323. The number of ether oxygens (including phenoxy) is 1. The molecule has 0 amide bonds. The lowest BCUT2D eigenvalue weighted by Crippen LogP contribution is -2.36. The number of aromatic nitrogens is 1. The summed E-state index contributed by atoms with van der Waals surface area (Å²) in [5, 5.41) is 13.8. The number of aryl methyl sites for hydroxylation is 1. The highest BCUT2D eigenvalue weighted by Gasteiger charge is 2.37. The van der Waals surface area contributed by atoms with Gasteiger partial charge in [-0.3, -0.25) is 9.69 Å². The van der Waals surface area contributed by atoms with Gasteiger partial charge in [-0.05, 0) is 18.4 Å². The molecule has 0 saturated carbocycles. The Hall–Kier alpha value is -1.70. The van der Waals surface area contributed by atoms with E-state index in [0.29, 0.717) is 25.4 Å². The average Bonchev–Trinajstić information content (AvgIpc) is 3.20. The number of rotatable bonds is 4. The maximum Gasteiger partial charge on any atom is 0.323 e. The number of aliphatic hydroxyl groups excluding tert-OH is 1. The first kappa shape index (κ1) is 15.2. The molecule has 2 unspecified atom stereocenters. The van der Waals surface area contributed by atoms with Crippen LogP contribution in [0.2, 0.25) is 0 Å². The highest BCUT2D eigenvalue weighted by Crippen LogP contribution is 2.27. The second kappa shape index (κ2) is 6.20. The molecule has 1 N–H and O–H groups in total. The topological polar surface area (TPSA) is 75.8 Å². The number of likely N-dealkylation sites (tertiary alicyclic amines) is 1. The van der Waals surface area contributed by atoms with Crippen molar-refractivity contribution < 1.29 is 19.1 Å². The van der Waals surface area contributed by atoms with Crippen LogP contribution in [0.15, 0.2) is 21.2 Å². The van der Waals surface area contributed by atoms with E-state index in [1.54, 1.807) is 11.3 Å². The molecule has 0 bridgehead atoms. The van der Waals surface area contributed by atoms with Crippen molar-refractivity contribution >= 4 is 17.3 Å². The molecular formula is C15H18N2O4S. The van der Waals surface area contributed by atoms with Crippen molar-refractivity contribution in [1.29, 1.82) is 0 Å². The minimum Gasteiger partial charge on any atom is -0.468 e. The van der Waals surface area contributed by atoms with Gasteiger partial charge in [-0.25, -0.2) is 4.98 Å². The van der Waals surface area contributed by atoms with Crippen LogP contribution in [-0.2, 0) is 16.1 Å². The zero-order valence-corrected chi connectivity index (χ0v) is 13.3. The first-order valence-corrected chi connectivity index (χ1v) is 8.01. The molecule has 118 valence electrons. The van der Waals surface area contributed by atoms with Crippen LogP contribution in [0.5, 0.6) is 0 Å². The molecule has 22 heavy (non-hydrogen) atoms. The molecule has 1 aliphatic rings. The summed E-state index contributed by atoms with van der Waals surface area (Å²) in [6, 6.07) is 1.53. The summed E-state index contributed by atoms with van der Waals surface area (Å²) < 4.78 is 10.5. The number of nitrogens with zero attached hydrogens (tertiary/aromatic N) is 2. The first-order chi connectivity index (χ1) is 10.6. The predicted octanol–water partition coefficient (Wildman–Crippen LogP) is 1.82. The lowest BCUT2D eigenvalue weighted by molar-refractivity contribution is -0.146. The quantitative estimate of drug-likeness (QED) is 0.865. The Balaban J connectivity index is 1.79. The number of thiophene rings is 1. The van der Waals surface area contributed by atoms with Gasteiger partial charge in [0.25, 0.3) is 0 Å². The molecule has 2 aromatic heterocycles. The molecule has 1 saturated heterocycles. The number of hydrogen-bond donors (Lipinski definition) is 1. The van der Waals surface area contributed by atoms with Crippen LogP contribution in [0.3, 0.4) is 0 Å². The Morgan fingerprint density at radius 2 is 2.45 bits per heavy atom. The Bertz CT molecular complexity index is 653. The summed E-state index contributed by atoms with van der Waals surface area (Å²) in [5.74, 6) is 0.991. The smallest absolute Gasteiger partial charge is 0.323 e. The van der Waals surface area contributed by atoms with E-state index in [0.717, 1.165) is 17.0 Å². The number of oxazole rings is 1. The Kier molecular flexibility index (Phi) is 4.28. The Morgan fingerprint density at radius 1 is 1.64 bits per heavy atom. The van der Waals surface area contributed by atoms with E-state index in [1.807, 2.05) is 28.7 Å². The van der Waals surface area contributed by atoms with Gasteiger partial charge in [-0.1, -0.05) is 0 Å². The molecule has 1 aliphatic heterocycles. The SMILES string of the molecule is COC(=O)C1CC(O)CN1Cc1nc(-c2ccsc2)oc1C. The molecule has 6 nitrogen and oxygen atoms in total. The summed E-state index contributed by atoms with van der Waals surface area (Å²) in [7, 11) is 1.36. The molecule has 0 aromatic carbocycles. The summed E-state index contributed by atoms with van der Waals surface area (Å²) in [6.45, 7) is 2.74. The normalized spacial score (nSPS) is 22.1. The Morgan fingerprint density at radius 3 is 3.14 bits per heavy atom. The number of β-amino-alcohol motifs (C(OH)–C–C–N with tert-alkyl or cyclic N) is 1. The predicted molar refractivity (Wildman–Crippen MR) is 81.4 cm³/mol. The Labute approximate surface area is 132 Å². The molecule has 0 radical (unpaired) electrons. The third-order valence-electron chi connectivity index (χ3n) is 3.87. The summed E-state index contributed by atoms with van der Waals surface area (Å²) in [6.07, 6.45) is -0.131. The van der Waals surface area contributed by atoms with Gasteiger partial charge in [0.1, 0.15) is 11.8 Å². The molecule has 3 rings (SSSR count). The van der Waals surface area contributed by atoms with Crippen molar-refractivity contribution in [1.82, 2.24) is 9.88 Å². The molecule has 2 atom stereocenters. The largest absolute Gasteiger partial charge is 0.468 e. The first-order valence-electron chi connectivity index (χ1n) is 7.07. The van der Waals surface area contributed by atoms with E-state index in [2.05, 4.69) is 4.98 Å². The fourth-order valence-electron chi connectivity index (χ4n) is 2.71. The fourth-order valence-corrected chi connectivity index (χ4v) is 3.34. The summed E-state index contributed by atoms with van der Waals surface area (Å²) in [5.41, 5.74) is 1.73. The van der Waals surface area contributed by atoms with Crippen LogP contribution in [0, 0.1) is 6.92 Å². The minimum atomic E-state index is -0.521. The third-order valence-corrected chi connectivity index (χ3v) is 4.55. The van der Waals surface area contributed by atoms with Gasteiger partial charge >= 0.3 is 5.97 Å². The number of esters is 1. The highest BCUT2D eigenvalue weighted by atomic mass is 32.1. The van der Waals surface area contributed by atoms with Gasteiger partial charge in [0.15, 0.2) is 0 Å². The number of carbonyl (C=O) groups is 1. The zero-order chi connectivity index (χ0) is 15.7. The van der Waals surface area contributed by atoms with Gasteiger partial charge < -0.3 is 14.3 Å². The van der Waals surface area contributed by atoms with Crippen LogP contribution in [-0.4, -0.2) is 46.8 Å². The molecule has 3 heterocycles. The van der Waals surface area contributed by atoms with Crippen molar-refractivity contribution in [2.45, 2.75) is 32.0 Å². The van der Waals surface area contributed by atoms with Gasteiger partial charge in [-0.15, -0.1) is 0 Å². The van der Waals surface area contributed by atoms with Crippen molar-refractivity contribution in [3.8, 4) is 11.5 Å². The molecule has 0 aliphatic carbocycles. The van der Waals surface area contributed by atoms with Gasteiger partial charge in [0.2, 0.25) is 5.89 Å². The van der Waals surface area contributed by atoms with E-state index in [4.69, 9.17) is 9.15 Å². The van der Waals surface area contributed by atoms with Gasteiger partial charge in [0.05, 0.1) is 18.9 Å². The monoisotopic (exact) mass is 322 g/mol. The summed E-state index contributed by atoms with van der Waals surface area (Å²) in [4.78, 5) is 18.2. The van der Waals surface area contributed by atoms with Crippen LogP contribution in [0.4, 0.5) is 0 Å². The maximum atomic E-state index is 11.8. The van der Waals surface area contributed by atoms with E-state index < -0.39 is 12.1 Å². The second-order valence-electron chi connectivity index (χ2n) is 5.39. The standard InChI is InChI=1S/C15H18N2O4S/c1-9-12(16-14(21-9)10-3-4-22-8-10)7-17-6-11(18)5-13(17)15(19)20-2/h3-4,8,11,13,18H,5-7H2,1-2H3. The fraction of sp³-hybridized carbons (Fsp3) is 0.467. The van der Waals surface area contributed by atoms with E-state index >= 15 is 0 Å². The van der Waals surface area contributed by atoms with Crippen molar-refractivity contribution in [2.75, 3.05) is 13.7 Å².